The molecule has 0 amide bonds. The maximum atomic E-state index is 6.18. The van der Waals surface area contributed by atoms with E-state index < -0.39 is 0 Å². The molecule has 0 fully saturated rings. The van der Waals surface area contributed by atoms with Crippen molar-refractivity contribution in [2.24, 2.45) is 0 Å². The van der Waals surface area contributed by atoms with Gasteiger partial charge in [-0.3, -0.25) is 0 Å². The van der Waals surface area contributed by atoms with E-state index in [1.165, 1.54) is 16.4 Å². The van der Waals surface area contributed by atoms with Gasteiger partial charge in [-0.1, -0.05) is 12.1 Å². The highest BCUT2D eigenvalue weighted by Crippen LogP contribution is 2.33. The van der Waals surface area contributed by atoms with Crippen molar-refractivity contribution in [3.8, 4) is 11.4 Å². The average Bonchev–Trinajstić information content (AvgIpc) is 3.14. The van der Waals surface area contributed by atoms with Crippen LogP contribution in [0.3, 0.4) is 0 Å². The number of furan rings is 1. The van der Waals surface area contributed by atoms with E-state index in [1.54, 1.807) is 12.6 Å². The zero-order valence-corrected chi connectivity index (χ0v) is 13.9. The van der Waals surface area contributed by atoms with Gasteiger partial charge in [-0.2, -0.15) is 0 Å². The van der Waals surface area contributed by atoms with Gasteiger partial charge in [-0.15, -0.1) is 10.2 Å². The molecule has 0 saturated carbocycles. The fourth-order valence-electron chi connectivity index (χ4n) is 2.56. The molecule has 0 aliphatic heterocycles. The first-order valence-electron chi connectivity index (χ1n) is 7.28. The minimum atomic E-state index is 0.550. The van der Waals surface area contributed by atoms with Crippen LogP contribution in [-0.4, -0.2) is 24.8 Å². The first-order chi connectivity index (χ1) is 11.6. The van der Waals surface area contributed by atoms with E-state index in [4.69, 9.17) is 10.3 Å². The number of nitrogen functional groups attached to an aromatic ring is 1. The summed E-state index contributed by atoms with van der Waals surface area (Å²) in [6.07, 6.45) is 3.15. The second-order valence-electron chi connectivity index (χ2n) is 5.32. The van der Waals surface area contributed by atoms with Crippen LogP contribution in [0.15, 0.2) is 51.5 Å². The summed E-state index contributed by atoms with van der Waals surface area (Å²) in [5, 5.41) is 10.7. The van der Waals surface area contributed by atoms with Crippen molar-refractivity contribution >= 4 is 22.7 Å². The summed E-state index contributed by atoms with van der Waals surface area (Å²) >= 11 is 1.36. The molecule has 3 heterocycles. The lowest BCUT2D eigenvalue weighted by atomic mass is 10.1. The fraction of sp³-hybridized carbons (Fsp3) is 0.125. The number of aryl methyl sites for hydroxylation is 2. The summed E-state index contributed by atoms with van der Waals surface area (Å²) in [6.45, 7) is 3.89. The van der Waals surface area contributed by atoms with Gasteiger partial charge in [0.1, 0.15) is 17.1 Å². The lowest BCUT2D eigenvalue weighted by Crippen LogP contribution is -2.11. The Kier molecular flexibility index (Phi) is 3.46. The van der Waals surface area contributed by atoms with Crippen molar-refractivity contribution in [2.75, 3.05) is 5.84 Å². The number of nitrogens with two attached hydrogens (primary N) is 1. The second-order valence-corrected chi connectivity index (χ2v) is 6.27. The molecule has 24 heavy (non-hydrogen) atoms. The number of benzene rings is 1. The Morgan fingerprint density at radius 2 is 2.00 bits per heavy atom. The largest absolute Gasteiger partial charge is 0.469 e. The minimum absolute atomic E-state index is 0.550. The fourth-order valence-corrected chi connectivity index (χ4v) is 3.46. The zero-order valence-electron chi connectivity index (χ0n) is 13.1. The van der Waals surface area contributed by atoms with Crippen LogP contribution in [-0.2, 0) is 0 Å². The molecule has 0 unspecified atom stereocenters. The van der Waals surface area contributed by atoms with Gasteiger partial charge in [0.25, 0.3) is 0 Å². The molecule has 0 aliphatic rings. The quantitative estimate of drug-likeness (QED) is 0.453. The first-order valence-corrected chi connectivity index (χ1v) is 8.10. The van der Waals surface area contributed by atoms with Gasteiger partial charge in [-0.25, -0.2) is 14.6 Å². The van der Waals surface area contributed by atoms with E-state index >= 15 is 0 Å². The van der Waals surface area contributed by atoms with Crippen molar-refractivity contribution in [2.45, 2.75) is 24.0 Å². The van der Waals surface area contributed by atoms with Crippen LogP contribution in [0.4, 0.5) is 0 Å². The van der Waals surface area contributed by atoms with Crippen molar-refractivity contribution in [3.05, 3.63) is 48.2 Å². The van der Waals surface area contributed by atoms with E-state index in [0.29, 0.717) is 11.0 Å². The van der Waals surface area contributed by atoms with Crippen molar-refractivity contribution in [1.29, 1.82) is 0 Å². The van der Waals surface area contributed by atoms with E-state index in [9.17, 15) is 0 Å². The van der Waals surface area contributed by atoms with Gasteiger partial charge in [0.2, 0.25) is 5.16 Å². The summed E-state index contributed by atoms with van der Waals surface area (Å²) in [7, 11) is 0. The highest BCUT2D eigenvalue weighted by atomic mass is 32.2. The van der Waals surface area contributed by atoms with Crippen LogP contribution in [0, 0.1) is 13.8 Å². The monoisotopic (exact) mass is 338 g/mol. The highest BCUT2D eigenvalue weighted by Gasteiger charge is 2.18. The number of aromatic nitrogens is 5. The van der Waals surface area contributed by atoms with Crippen LogP contribution < -0.4 is 5.84 Å². The molecule has 0 saturated heterocycles. The molecule has 4 rings (SSSR count). The summed E-state index contributed by atoms with van der Waals surface area (Å²) < 4.78 is 6.76. The first kappa shape index (κ1) is 14.7. The van der Waals surface area contributed by atoms with Gasteiger partial charge in [0.05, 0.1) is 17.3 Å². The normalized spacial score (nSPS) is 11.2. The van der Waals surface area contributed by atoms with E-state index in [2.05, 4.69) is 20.2 Å². The predicted molar refractivity (Wildman–Crippen MR) is 91.0 cm³/mol. The van der Waals surface area contributed by atoms with E-state index in [-0.39, 0.29) is 0 Å². The van der Waals surface area contributed by atoms with Crippen molar-refractivity contribution in [1.82, 2.24) is 24.8 Å². The lowest BCUT2D eigenvalue weighted by Gasteiger charge is -2.07. The van der Waals surface area contributed by atoms with Crippen LogP contribution >= 0.6 is 11.8 Å². The maximum Gasteiger partial charge on any atom is 0.216 e. The standard InChI is InChI=1S/C16H14N6OS/c1-9-4-3-5-12-13(9)15(19-8-18-12)24-16-21-20-14(22(16)17)11-6-7-23-10(11)2/h3-8H,17H2,1-2H3. The van der Waals surface area contributed by atoms with Crippen LogP contribution in [0.1, 0.15) is 11.3 Å². The Labute approximate surface area is 141 Å². The summed E-state index contributed by atoms with van der Waals surface area (Å²) in [5.41, 5.74) is 2.81. The van der Waals surface area contributed by atoms with Crippen molar-refractivity contribution in [3.63, 3.8) is 0 Å². The molecule has 0 aliphatic carbocycles. The van der Waals surface area contributed by atoms with Gasteiger partial charge < -0.3 is 10.3 Å². The summed E-state index contributed by atoms with van der Waals surface area (Å²) in [6, 6.07) is 7.79. The molecular formula is C16H14N6OS. The minimum Gasteiger partial charge on any atom is -0.469 e. The Morgan fingerprint density at radius 1 is 1.12 bits per heavy atom. The van der Waals surface area contributed by atoms with Gasteiger partial charge in [0.15, 0.2) is 5.82 Å². The van der Waals surface area contributed by atoms with Crippen molar-refractivity contribution < 1.29 is 4.42 Å². The van der Waals surface area contributed by atoms with Crippen LogP contribution in [0.2, 0.25) is 0 Å². The summed E-state index contributed by atoms with van der Waals surface area (Å²) in [4.78, 5) is 8.70. The molecule has 0 spiro atoms. The Balaban J connectivity index is 1.78. The predicted octanol–water partition coefficient (Wildman–Crippen LogP) is 2.96. The number of fused-ring (bicyclic) bond motifs is 1. The molecule has 8 heteroatoms. The smallest absolute Gasteiger partial charge is 0.216 e. The molecule has 4 aromatic rings. The second kappa shape index (κ2) is 5.64. The molecule has 1 aromatic carbocycles. The zero-order chi connectivity index (χ0) is 16.7. The molecular weight excluding hydrogens is 324 g/mol. The molecule has 0 atom stereocenters. The lowest BCUT2D eigenvalue weighted by molar-refractivity contribution is 0.535. The van der Waals surface area contributed by atoms with Crippen LogP contribution in [0.5, 0.6) is 0 Å². The van der Waals surface area contributed by atoms with Gasteiger partial charge >= 0.3 is 0 Å². The third-order valence-electron chi connectivity index (χ3n) is 3.79. The molecule has 7 nitrogen and oxygen atoms in total. The molecule has 0 bridgehead atoms. The third kappa shape index (κ3) is 2.31. The Hall–Kier alpha value is -2.87. The SMILES string of the molecule is Cc1occc1-c1nnc(Sc2ncnc3cccc(C)c23)n1N. The maximum absolute atomic E-state index is 6.18. The van der Waals surface area contributed by atoms with Gasteiger partial charge in [-0.05, 0) is 43.3 Å². The van der Waals surface area contributed by atoms with Gasteiger partial charge in [0, 0.05) is 5.39 Å². The van der Waals surface area contributed by atoms with E-state index in [1.807, 2.05) is 38.1 Å². The molecule has 120 valence electrons. The third-order valence-corrected chi connectivity index (χ3v) is 4.75. The number of rotatable bonds is 3. The Bertz CT molecular complexity index is 1030. The average molecular weight is 338 g/mol. The topological polar surface area (TPSA) is 95.6 Å². The molecule has 3 aromatic heterocycles. The molecule has 2 N–H and O–H groups in total. The number of nitrogens with zero attached hydrogens (tertiary/aromatic N) is 5. The molecule has 0 radical (unpaired) electrons. The van der Waals surface area contributed by atoms with E-state index in [0.717, 1.165) is 32.8 Å². The number of hydrogen-bond acceptors (Lipinski definition) is 7. The Morgan fingerprint density at radius 3 is 2.79 bits per heavy atom. The number of hydrogen-bond donors (Lipinski definition) is 1. The van der Waals surface area contributed by atoms with Crippen LogP contribution in [0.25, 0.3) is 22.3 Å². The highest BCUT2D eigenvalue weighted by molar-refractivity contribution is 7.99. The summed E-state index contributed by atoms with van der Waals surface area (Å²) in [5.74, 6) is 7.48.